The molecular formula is C26H17F3O. The lowest BCUT2D eigenvalue weighted by Crippen LogP contribution is -2.34. The average molecular weight is 402 g/mol. The lowest BCUT2D eigenvalue weighted by atomic mass is 9.83. The molecule has 0 aliphatic carbocycles. The minimum absolute atomic E-state index is 0.636. The lowest BCUT2D eigenvalue weighted by Gasteiger charge is -2.36. The molecular weight excluding hydrogens is 385 g/mol. The van der Waals surface area contributed by atoms with E-state index in [4.69, 9.17) is 4.74 Å². The molecule has 0 N–H and O–H groups in total. The number of hydrogen-bond acceptors (Lipinski definition) is 1. The van der Waals surface area contributed by atoms with Crippen molar-refractivity contribution in [3.8, 4) is 5.75 Å². The zero-order chi connectivity index (χ0) is 20.8. The molecule has 4 aromatic rings. The fraction of sp³-hybridized carbons (Fsp3) is 0.0769. The van der Waals surface area contributed by atoms with Crippen molar-refractivity contribution in [3.05, 3.63) is 119 Å². The Hall–Kier alpha value is -3.53. The Balaban J connectivity index is 1.69. The SMILES string of the molecule is FC(F)(F)c1ccc(C2(c3ccccc3)C=Cc3c(ccc4ccccc34)O2)cc1. The predicted octanol–water partition coefficient (Wildman–Crippen LogP) is 7.21. The molecule has 1 unspecified atom stereocenters. The van der Waals surface area contributed by atoms with Crippen LogP contribution in [0.2, 0.25) is 0 Å². The first kappa shape index (κ1) is 18.5. The first-order chi connectivity index (χ1) is 14.5. The third-order valence-electron chi connectivity index (χ3n) is 5.53. The van der Waals surface area contributed by atoms with Crippen LogP contribution in [-0.2, 0) is 11.8 Å². The highest BCUT2D eigenvalue weighted by molar-refractivity contribution is 5.94. The first-order valence-electron chi connectivity index (χ1n) is 9.61. The summed E-state index contributed by atoms with van der Waals surface area (Å²) in [5, 5.41) is 2.17. The van der Waals surface area contributed by atoms with Crippen molar-refractivity contribution < 1.29 is 17.9 Å². The normalized spacial score (nSPS) is 18.1. The maximum absolute atomic E-state index is 13.1. The zero-order valence-corrected chi connectivity index (χ0v) is 15.9. The number of halogens is 3. The molecule has 0 saturated heterocycles. The Morgan fingerprint density at radius 3 is 2.07 bits per heavy atom. The van der Waals surface area contributed by atoms with Crippen molar-refractivity contribution in [2.45, 2.75) is 11.8 Å². The van der Waals surface area contributed by atoms with Crippen molar-refractivity contribution in [2.24, 2.45) is 0 Å². The molecule has 0 radical (unpaired) electrons. The smallest absolute Gasteiger partial charge is 0.416 e. The van der Waals surface area contributed by atoms with Crippen molar-refractivity contribution in [3.63, 3.8) is 0 Å². The van der Waals surface area contributed by atoms with E-state index in [-0.39, 0.29) is 0 Å². The van der Waals surface area contributed by atoms with Crippen LogP contribution in [0.3, 0.4) is 0 Å². The van der Waals surface area contributed by atoms with Crippen LogP contribution in [0.5, 0.6) is 5.75 Å². The van der Waals surface area contributed by atoms with Crippen molar-refractivity contribution in [2.75, 3.05) is 0 Å². The molecule has 0 fully saturated rings. The monoisotopic (exact) mass is 402 g/mol. The van der Waals surface area contributed by atoms with Gasteiger partial charge in [-0.15, -0.1) is 0 Å². The molecule has 0 saturated carbocycles. The Labute approximate surface area is 172 Å². The molecule has 0 bridgehead atoms. The summed E-state index contributed by atoms with van der Waals surface area (Å²) in [6.45, 7) is 0. The van der Waals surface area contributed by atoms with E-state index in [2.05, 4.69) is 0 Å². The fourth-order valence-electron chi connectivity index (χ4n) is 4.01. The van der Waals surface area contributed by atoms with E-state index < -0.39 is 17.3 Å². The first-order valence-corrected chi connectivity index (χ1v) is 9.61. The van der Waals surface area contributed by atoms with Gasteiger partial charge in [-0.1, -0.05) is 72.8 Å². The fourth-order valence-corrected chi connectivity index (χ4v) is 4.01. The number of hydrogen-bond donors (Lipinski definition) is 0. The third-order valence-corrected chi connectivity index (χ3v) is 5.53. The Kier molecular flexibility index (Phi) is 4.17. The standard InChI is InChI=1S/C26H17F3O/c27-26(28,29)21-13-11-20(12-14-21)25(19-7-2-1-3-8-19)17-16-23-22-9-5-4-6-18(22)10-15-24(23)30-25/h1-17H. The highest BCUT2D eigenvalue weighted by Crippen LogP contribution is 2.44. The van der Waals surface area contributed by atoms with Gasteiger partial charge in [0.1, 0.15) is 5.75 Å². The average Bonchev–Trinajstić information content (AvgIpc) is 2.78. The number of ether oxygens (including phenoxy) is 1. The van der Waals surface area contributed by atoms with Gasteiger partial charge in [0, 0.05) is 16.7 Å². The van der Waals surface area contributed by atoms with Crippen molar-refractivity contribution in [1.82, 2.24) is 0 Å². The number of rotatable bonds is 2. The highest BCUT2D eigenvalue weighted by atomic mass is 19.4. The summed E-state index contributed by atoms with van der Waals surface area (Å²) in [5.74, 6) is 0.694. The van der Waals surface area contributed by atoms with E-state index in [1.54, 1.807) is 0 Å². The van der Waals surface area contributed by atoms with Gasteiger partial charge in [0.2, 0.25) is 0 Å². The summed E-state index contributed by atoms with van der Waals surface area (Å²) in [5.41, 5.74) is 0.754. The minimum atomic E-state index is -4.38. The van der Waals surface area contributed by atoms with Gasteiger partial charge in [0.05, 0.1) is 5.56 Å². The quantitative estimate of drug-likeness (QED) is 0.344. The second-order valence-electron chi connectivity index (χ2n) is 7.31. The van der Waals surface area contributed by atoms with E-state index in [0.29, 0.717) is 11.3 Å². The van der Waals surface area contributed by atoms with Gasteiger partial charge in [0.15, 0.2) is 5.60 Å². The topological polar surface area (TPSA) is 9.23 Å². The van der Waals surface area contributed by atoms with E-state index in [9.17, 15) is 13.2 Å². The van der Waals surface area contributed by atoms with Crippen LogP contribution in [0, 0.1) is 0 Å². The van der Waals surface area contributed by atoms with Crippen molar-refractivity contribution in [1.29, 1.82) is 0 Å². The molecule has 1 aliphatic rings. The Bertz CT molecular complexity index is 1240. The second kappa shape index (κ2) is 6.77. The molecule has 0 spiro atoms. The van der Waals surface area contributed by atoms with Gasteiger partial charge in [-0.3, -0.25) is 0 Å². The van der Waals surface area contributed by atoms with E-state index in [1.807, 2.05) is 78.9 Å². The van der Waals surface area contributed by atoms with Gasteiger partial charge >= 0.3 is 6.18 Å². The molecule has 0 amide bonds. The summed E-state index contributed by atoms with van der Waals surface area (Å²) >= 11 is 0. The zero-order valence-electron chi connectivity index (χ0n) is 15.9. The molecule has 5 rings (SSSR count). The molecule has 1 atom stereocenters. The van der Waals surface area contributed by atoms with Crippen LogP contribution in [0.1, 0.15) is 22.3 Å². The van der Waals surface area contributed by atoms with Crippen LogP contribution >= 0.6 is 0 Å². The summed E-state index contributed by atoms with van der Waals surface area (Å²) in [6, 6.07) is 26.7. The van der Waals surface area contributed by atoms with Gasteiger partial charge in [-0.25, -0.2) is 0 Å². The molecule has 4 heteroatoms. The molecule has 1 heterocycles. The minimum Gasteiger partial charge on any atom is -0.473 e. The highest BCUT2D eigenvalue weighted by Gasteiger charge is 2.38. The Morgan fingerprint density at radius 1 is 0.667 bits per heavy atom. The molecule has 148 valence electrons. The second-order valence-corrected chi connectivity index (χ2v) is 7.31. The van der Waals surface area contributed by atoms with Crippen LogP contribution in [0.4, 0.5) is 13.2 Å². The molecule has 30 heavy (non-hydrogen) atoms. The van der Waals surface area contributed by atoms with E-state index >= 15 is 0 Å². The number of alkyl halides is 3. The summed E-state index contributed by atoms with van der Waals surface area (Å²) < 4.78 is 45.8. The summed E-state index contributed by atoms with van der Waals surface area (Å²) in [4.78, 5) is 0. The van der Waals surface area contributed by atoms with E-state index in [1.165, 1.54) is 12.1 Å². The number of benzene rings is 4. The molecule has 4 aromatic carbocycles. The van der Waals surface area contributed by atoms with Gasteiger partial charge < -0.3 is 4.74 Å². The van der Waals surface area contributed by atoms with Crippen molar-refractivity contribution >= 4 is 16.8 Å². The summed E-state index contributed by atoms with van der Waals surface area (Å²) in [6.07, 6.45) is -0.446. The summed E-state index contributed by atoms with van der Waals surface area (Å²) in [7, 11) is 0. The Morgan fingerprint density at radius 2 is 1.33 bits per heavy atom. The maximum atomic E-state index is 13.1. The van der Waals surface area contributed by atoms with Crippen LogP contribution in [0.15, 0.2) is 97.1 Å². The van der Waals surface area contributed by atoms with Crippen LogP contribution < -0.4 is 4.74 Å². The number of fused-ring (bicyclic) bond motifs is 3. The maximum Gasteiger partial charge on any atom is 0.416 e. The van der Waals surface area contributed by atoms with Gasteiger partial charge in [-0.05, 0) is 41.1 Å². The molecule has 0 aromatic heterocycles. The van der Waals surface area contributed by atoms with Gasteiger partial charge in [-0.2, -0.15) is 13.2 Å². The predicted molar refractivity (Wildman–Crippen MR) is 112 cm³/mol. The lowest BCUT2D eigenvalue weighted by molar-refractivity contribution is -0.137. The molecule has 1 nitrogen and oxygen atoms in total. The third kappa shape index (κ3) is 2.96. The van der Waals surface area contributed by atoms with Crippen LogP contribution in [-0.4, -0.2) is 0 Å². The van der Waals surface area contributed by atoms with Gasteiger partial charge in [0.25, 0.3) is 0 Å². The van der Waals surface area contributed by atoms with E-state index in [0.717, 1.165) is 34.0 Å². The largest absolute Gasteiger partial charge is 0.473 e. The van der Waals surface area contributed by atoms with Crippen LogP contribution in [0.25, 0.3) is 16.8 Å². The molecule has 1 aliphatic heterocycles.